The summed E-state index contributed by atoms with van der Waals surface area (Å²) in [7, 11) is 0. The summed E-state index contributed by atoms with van der Waals surface area (Å²) in [4.78, 5) is 9.72. The van der Waals surface area contributed by atoms with Gasteiger partial charge < -0.3 is 4.74 Å². The molecule has 1 aromatic rings. The molecule has 0 fully saturated rings. The zero-order chi connectivity index (χ0) is 12.5. The minimum absolute atomic E-state index is 0.0755. The van der Waals surface area contributed by atoms with Gasteiger partial charge in [0.1, 0.15) is 5.75 Å². The largest absolute Gasteiger partial charge is 0.573 e. The van der Waals surface area contributed by atoms with Crippen LogP contribution < -0.4 is 4.74 Å². The van der Waals surface area contributed by atoms with Crippen molar-refractivity contribution in [3.63, 3.8) is 0 Å². The van der Waals surface area contributed by atoms with Crippen molar-refractivity contribution >= 4 is 17.3 Å². The molecule has 0 aromatic heterocycles. The molecular formula is C8H5ClF3NO3. The molecular weight excluding hydrogens is 251 g/mol. The topological polar surface area (TPSA) is 52.4 Å². The molecule has 4 nitrogen and oxygen atoms in total. The van der Waals surface area contributed by atoms with Crippen LogP contribution in [0, 0.1) is 17.0 Å². The first-order valence-corrected chi connectivity index (χ1v) is 4.29. The molecule has 1 aromatic carbocycles. The standard InChI is InChI=1S/C8H5ClF3NO3/c1-4-5(13(14)15)2-3-6(7(4)9)16-8(10,11)12/h2-3H,1H3. The number of nitro groups is 1. The van der Waals surface area contributed by atoms with Gasteiger partial charge in [0, 0.05) is 11.6 Å². The number of hydrogen-bond acceptors (Lipinski definition) is 3. The third kappa shape index (κ3) is 2.75. The Morgan fingerprint density at radius 2 is 2.00 bits per heavy atom. The molecule has 88 valence electrons. The van der Waals surface area contributed by atoms with Crippen LogP contribution in [0.2, 0.25) is 5.02 Å². The molecule has 0 bridgehead atoms. The van der Waals surface area contributed by atoms with Crippen molar-refractivity contribution in [3.05, 3.63) is 32.8 Å². The SMILES string of the molecule is Cc1c([N+](=O)[O-])ccc(OC(F)(F)F)c1Cl. The number of nitrogens with zero attached hydrogens (tertiary/aromatic N) is 1. The van der Waals surface area contributed by atoms with E-state index in [-0.39, 0.29) is 11.3 Å². The molecule has 0 amide bonds. The summed E-state index contributed by atoms with van der Waals surface area (Å²) in [6.45, 7) is 1.24. The molecule has 0 radical (unpaired) electrons. The fraction of sp³-hybridized carbons (Fsp3) is 0.250. The van der Waals surface area contributed by atoms with Gasteiger partial charge in [0.15, 0.2) is 0 Å². The van der Waals surface area contributed by atoms with Gasteiger partial charge in [-0.3, -0.25) is 10.1 Å². The zero-order valence-corrected chi connectivity index (χ0v) is 8.59. The van der Waals surface area contributed by atoms with Crippen molar-refractivity contribution in [1.82, 2.24) is 0 Å². The highest BCUT2D eigenvalue weighted by molar-refractivity contribution is 6.33. The van der Waals surface area contributed by atoms with Crippen LogP contribution in [0.3, 0.4) is 0 Å². The van der Waals surface area contributed by atoms with Gasteiger partial charge in [-0.15, -0.1) is 13.2 Å². The fourth-order valence-electron chi connectivity index (χ4n) is 1.05. The average Bonchev–Trinajstić information content (AvgIpc) is 2.10. The predicted octanol–water partition coefficient (Wildman–Crippen LogP) is 3.46. The van der Waals surface area contributed by atoms with E-state index in [1.54, 1.807) is 0 Å². The zero-order valence-electron chi connectivity index (χ0n) is 7.84. The van der Waals surface area contributed by atoms with Crippen molar-refractivity contribution in [1.29, 1.82) is 0 Å². The molecule has 0 atom stereocenters. The third-order valence-corrected chi connectivity index (χ3v) is 2.21. The van der Waals surface area contributed by atoms with E-state index in [1.807, 2.05) is 0 Å². The van der Waals surface area contributed by atoms with E-state index in [4.69, 9.17) is 11.6 Å². The monoisotopic (exact) mass is 255 g/mol. The number of hydrogen-bond donors (Lipinski definition) is 0. The lowest BCUT2D eigenvalue weighted by molar-refractivity contribution is -0.385. The average molecular weight is 256 g/mol. The van der Waals surface area contributed by atoms with Gasteiger partial charge in [-0.2, -0.15) is 0 Å². The number of alkyl halides is 3. The highest BCUT2D eigenvalue weighted by Gasteiger charge is 2.33. The van der Waals surface area contributed by atoms with Crippen molar-refractivity contribution in [2.75, 3.05) is 0 Å². The molecule has 0 saturated carbocycles. The molecule has 0 aliphatic carbocycles. The Hall–Kier alpha value is -1.50. The molecule has 1 rings (SSSR count). The highest BCUT2D eigenvalue weighted by atomic mass is 35.5. The Bertz CT molecular complexity index is 433. The molecule has 0 unspecified atom stereocenters. The van der Waals surface area contributed by atoms with Crippen LogP contribution in [0.1, 0.15) is 5.56 Å². The number of benzene rings is 1. The molecule has 0 aliphatic heterocycles. The number of rotatable bonds is 2. The van der Waals surface area contributed by atoms with Crippen LogP contribution in [-0.2, 0) is 0 Å². The number of ether oxygens (including phenoxy) is 1. The molecule has 16 heavy (non-hydrogen) atoms. The lowest BCUT2D eigenvalue weighted by Crippen LogP contribution is -2.17. The van der Waals surface area contributed by atoms with Gasteiger partial charge >= 0.3 is 6.36 Å². The van der Waals surface area contributed by atoms with E-state index in [2.05, 4.69) is 4.74 Å². The first-order chi connectivity index (χ1) is 7.22. The lowest BCUT2D eigenvalue weighted by atomic mass is 10.2. The van der Waals surface area contributed by atoms with Gasteiger partial charge in [-0.1, -0.05) is 11.6 Å². The van der Waals surface area contributed by atoms with Gasteiger partial charge in [0.05, 0.1) is 9.95 Å². The minimum Gasteiger partial charge on any atom is -0.404 e. The summed E-state index contributed by atoms with van der Waals surface area (Å²) in [5, 5.41) is 10.0. The van der Waals surface area contributed by atoms with Gasteiger partial charge in [0.25, 0.3) is 5.69 Å². The summed E-state index contributed by atoms with van der Waals surface area (Å²) in [5.74, 6) is -0.655. The van der Waals surface area contributed by atoms with Crippen LogP contribution in [0.25, 0.3) is 0 Å². The summed E-state index contributed by atoms with van der Waals surface area (Å²) in [6, 6.07) is 1.71. The second-order valence-corrected chi connectivity index (χ2v) is 3.20. The number of halogens is 4. The Kier molecular flexibility index (Phi) is 3.27. The molecule has 0 spiro atoms. The van der Waals surface area contributed by atoms with E-state index in [0.717, 1.165) is 12.1 Å². The lowest BCUT2D eigenvalue weighted by Gasteiger charge is -2.11. The first-order valence-electron chi connectivity index (χ1n) is 3.91. The van der Waals surface area contributed by atoms with Crippen LogP contribution in [0.4, 0.5) is 18.9 Å². The molecule has 8 heteroatoms. The molecule has 0 heterocycles. The van der Waals surface area contributed by atoms with Crippen molar-refractivity contribution in [3.8, 4) is 5.75 Å². The van der Waals surface area contributed by atoms with Crippen molar-refractivity contribution in [2.45, 2.75) is 13.3 Å². The van der Waals surface area contributed by atoms with Crippen LogP contribution in [-0.4, -0.2) is 11.3 Å². The van der Waals surface area contributed by atoms with E-state index < -0.39 is 22.1 Å². The summed E-state index contributed by atoms with van der Waals surface area (Å²) in [5.41, 5.74) is -0.437. The van der Waals surface area contributed by atoms with Gasteiger partial charge in [-0.05, 0) is 13.0 Å². The normalized spacial score (nSPS) is 11.3. The fourth-order valence-corrected chi connectivity index (χ4v) is 1.25. The van der Waals surface area contributed by atoms with Crippen LogP contribution in [0.5, 0.6) is 5.75 Å². The van der Waals surface area contributed by atoms with Crippen LogP contribution in [0.15, 0.2) is 12.1 Å². The van der Waals surface area contributed by atoms with E-state index >= 15 is 0 Å². The maximum absolute atomic E-state index is 11.9. The summed E-state index contributed by atoms with van der Waals surface area (Å²) >= 11 is 5.52. The Balaban J connectivity index is 3.17. The number of nitro benzene ring substituents is 1. The summed E-state index contributed by atoms with van der Waals surface area (Å²) in [6.07, 6.45) is -4.88. The van der Waals surface area contributed by atoms with Crippen LogP contribution >= 0.6 is 11.6 Å². The Morgan fingerprint density at radius 1 is 1.44 bits per heavy atom. The Morgan fingerprint density at radius 3 is 2.44 bits per heavy atom. The minimum atomic E-state index is -4.88. The smallest absolute Gasteiger partial charge is 0.404 e. The van der Waals surface area contributed by atoms with Gasteiger partial charge in [0.2, 0.25) is 0 Å². The Labute approximate surface area is 92.7 Å². The van der Waals surface area contributed by atoms with E-state index in [0.29, 0.717) is 0 Å². The maximum Gasteiger partial charge on any atom is 0.573 e. The second kappa shape index (κ2) is 4.17. The van der Waals surface area contributed by atoms with E-state index in [1.165, 1.54) is 6.92 Å². The second-order valence-electron chi connectivity index (χ2n) is 2.83. The third-order valence-electron chi connectivity index (χ3n) is 1.74. The predicted molar refractivity (Wildman–Crippen MR) is 49.5 cm³/mol. The molecule has 0 N–H and O–H groups in total. The van der Waals surface area contributed by atoms with Gasteiger partial charge in [-0.25, -0.2) is 0 Å². The first kappa shape index (κ1) is 12.6. The van der Waals surface area contributed by atoms with Crippen molar-refractivity contribution in [2.24, 2.45) is 0 Å². The summed E-state index contributed by atoms with van der Waals surface area (Å²) < 4.78 is 39.3. The van der Waals surface area contributed by atoms with Crippen molar-refractivity contribution < 1.29 is 22.8 Å². The molecule has 0 saturated heterocycles. The quantitative estimate of drug-likeness (QED) is 0.601. The maximum atomic E-state index is 11.9. The van der Waals surface area contributed by atoms with E-state index in [9.17, 15) is 23.3 Å². The molecule has 0 aliphatic rings. The highest BCUT2D eigenvalue weighted by Crippen LogP contribution is 2.36.